The molecule has 0 spiro atoms. The number of rotatable bonds is 9. The molecule has 0 radical (unpaired) electrons. The molecule has 4 rings (SSSR count). The van der Waals surface area contributed by atoms with Gasteiger partial charge in [0, 0.05) is 24.8 Å². The molecule has 16 heteroatoms. The third-order valence-electron chi connectivity index (χ3n) is 6.17. The number of hydrogen-bond acceptors (Lipinski definition) is 10. The highest BCUT2D eigenvalue weighted by molar-refractivity contribution is 7.70. The summed E-state index contributed by atoms with van der Waals surface area (Å²) in [6, 6.07) is 0.368. The maximum atomic E-state index is 12.0. The van der Waals surface area contributed by atoms with Gasteiger partial charge in [0.05, 0.1) is 13.7 Å². The lowest BCUT2D eigenvalue weighted by molar-refractivity contribution is -0.0183. The first kappa shape index (κ1) is 26.5. The monoisotopic (exact) mass is 536 g/mol. The number of ether oxygens (including phenoxy) is 2. The Labute approximate surface area is 200 Å². The largest absolute Gasteiger partial charge is 0.467 e. The molecule has 0 amide bonds. The number of methoxy groups -OCH3 is 1. The molecule has 1 saturated carbocycles. The lowest BCUT2D eigenvalue weighted by Gasteiger charge is -2.18. The van der Waals surface area contributed by atoms with Crippen molar-refractivity contribution < 1.29 is 48.0 Å². The van der Waals surface area contributed by atoms with Gasteiger partial charge in [-0.05, 0) is 12.8 Å². The fourth-order valence-electron chi connectivity index (χ4n) is 4.57. The third kappa shape index (κ3) is 5.87. The van der Waals surface area contributed by atoms with Crippen LogP contribution in [0, 0.1) is 0 Å². The van der Waals surface area contributed by atoms with Crippen LogP contribution in [-0.4, -0.2) is 83.4 Å². The van der Waals surface area contributed by atoms with Crippen molar-refractivity contribution in [2.45, 2.75) is 56.1 Å². The number of anilines is 1. The van der Waals surface area contributed by atoms with Gasteiger partial charge in [-0.1, -0.05) is 12.8 Å². The highest BCUT2D eigenvalue weighted by Crippen LogP contribution is 2.55. The molecule has 2 aromatic rings. The van der Waals surface area contributed by atoms with Crippen molar-refractivity contribution >= 4 is 32.0 Å². The summed E-state index contributed by atoms with van der Waals surface area (Å²) in [4.78, 5) is 36.5. The standard InChI is InChI=1S/C19H30N4O10P2/c1-23-7-11(13-14(23)18(22-19(21-13)31-2)20-10-5-3-4-6-10)17-16(25)15(24)12(33-17)8-32-35(29,30)9-34(26,27)28/h7,10,12,15-17,24-25H,3-6,8-9H2,1-2H3,(H,29,30)(H,20,21,22)(H2,26,27,28)/t12-,15-,16-,17+/m1/s1. The Balaban J connectivity index is 1.60. The van der Waals surface area contributed by atoms with E-state index >= 15 is 0 Å². The number of aromatic nitrogens is 3. The molecule has 3 heterocycles. The molecule has 0 aromatic carbocycles. The average Bonchev–Trinajstić information content (AvgIpc) is 3.45. The van der Waals surface area contributed by atoms with Crippen molar-refractivity contribution in [3.8, 4) is 6.01 Å². The van der Waals surface area contributed by atoms with Crippen molar-refractivity contribution in [3.05, 3.63) is 11.8 Å². The second-order valence-electron chi connectivity index (χ2n) is 8.89. The predicted octanol–water partition coefficient (Wildman–Crippen LogP) is 0.830. The zero-order valence-corrected chi connectivity index (χ0v) is 21.0. The quantitative estimate of drug-likeness (QED) is 0.246. The fraction of sp³-hybridized carbons (Fsp3) is 0.684. The molecule has 196 valence electrons. The normalized spacial score (nSPS) is 27.4. The number of nitrogens with one attached hydrogen (secondary N) is 1. The number of aryl methyl sites for hydroxylation is 1. The molecule has 35 heavy (non-hydrogen) atoms. The summed E-state index contributed by atoms with van der Waals surface area (Å²) >= 11 is 0. The second kappa shape index (κ2) is 10.0. The van der Waals surface area contributed by atoms with Crippen LogP contribution in [0.5, 0.6) is 6.01 Å². The minimum atomic E-state index is -4.81. The van der Waals surface area contributed by atoms with E-state index in [-0.39, 0.29) is 12.1 Å². The van der Waals surface area contributed by atoms with Gasteiger partial charge in [-0.2, -0.15) is 9.97 Å². The average molecular weight is 536 g/mol. The van der Waals surface area contributed by atoms with Gasteiger partial charge in [-0.3, -0.25) is 9.13 Å². The van der Waals surface area contributed by atoms with Crippen LogP contribution < -0.4 is 10.1 Å². The maximum Gasteiger partial charge on any atom is 0.340 e. The zero-order chi connectivity index (χ0) is 25.5. The van der Waals surface area contributed by atoms with Crippen LogP contribution in [0.4, 0.5) is 5.82 Å². The second-order valence-corrected chi connectivity index (χ2v) is 12.9. The van der Waals surface area contributed by atoms with E-state index in [2.05, 4.69) is 15.3 Å². The van der Waals surface area contributed by atoms with E-state index in [4.69, 9.17) is 23.8 Å². The summed E-state index contributed by atoms with van der Waals surface area (Å²) in [5, 5.41) is 24.6. The Kier molecular flexibility index (Phi) is 7.59. The first-order chi connectivity index (χ1) is 16.4. The number of hydrogen-bond donors (Lipinski definition) is 6. The summed E-state index contributed by atoms with van der Waals surface area (Å²) < 4.78 is 40.6. The van der Waals surface area contributed by atoms with Gasteiger partial charge < -0.3 is 48.8 Å². The summed E-state index contributed by atoms with van der Waals surface area (Å²) in [7, 11) is -6.25. The van der Waals surface area contributed by atoms with Gasteiger partial charge in [0.1, 0.15) is 35.4 Å². The molecule has 5 atom stereocenters. The molecule has 1 unspecified atom stereocenters. The van der Waals surface area contributed by atoms with Crippen LogP contribution in [0.25, 0.3) is 11.0 Å². The van der Waals surface area contributed by atoms with Crippen molar-refractivity contribution in [1.29, 1.82) is 0 Å². The molecular formula is C19H30N4O10P2. The Morgan fingerprint density at radius 3 is 2.49 bits per heavy atom. The summed E-state index contributed by atoms with van der Waals surface area (Å²) in [6.45, 7) is -0.667. The lowest BCUT2D eigenvalue weighted by atomic mass is 10.0. The van der Waals surface area contributed by atoms with Crippen molar-refractivity contribution in [2.24, 2.45) is 7.05 Å². The summed E-state index contributed by atoms with van der Waals surface area (Å²) in [5.41, 5.74) is 1.53. The van der Waals surface area contributed by atoms with E-state index in [0.29, 0.717) is 22.4 Å². The van der Waals surface area contributed by atoms with Gasteiger partial charge in [0.25, 0.3) is 0 Å². The Hall–Kier alpha value is -1.60. The van der Waals surface area contributed by atoms with Crippen LogP contribution in [0.3, 0.4) is 0 Å². The van der Waals surface area contributed by atoms with Crippen LogP contribution >= 0.6 is 15.2 Å². The molecule has 14 nitrogen and oxygen atoms in total. The molecule has 1 aliphatic carbocycles. The van der Waals surface area contributed by atoms with Crippen LogP contribution in [0.1, 0.15) is 37.4 Å². The minimum Gasteiger partial charge on any atom is -0.467 e. The van der Waals surface area contributed by atoms with Crippen molar-refractivity contribution in [3.63, 3.8) is 0 Å². The number of aliphatic hydroxyl groups excluding tert-OH is 2. The maximum absolute atomic E-state index is 12.0. The number of aliphatic hydroxyl groups is 2. The summed E-state index contributed by atoms with van der Waals surface area (Å²) in [6.07, 6.45) is 0.738. The van der Waals surface area contributed by atoms with Crippen LogP contribution in [0.2, 0.25) is 0 Å². The first-order valence-corrected chi connectivity index (χ1v) is 14.6. The van der Waals surface area contributed by atoms with Gasteiger partial charge >= 0.3 is 21.2 Å². The zero-order valence-electron chi connectivity index (χ0n) is 19.2. The van der Waals surface area contributed by atoms with Gasteiger partial charge in [-0.15, -0.1) is 0 Å². The van der Waals surface area contributed by atoms with Crippen LogP contribution in [0.15, 0.2) is 6.20 Å². The van der Waals surface area contributed by atoms with Gasteiger partial charge in [-0.25, -0.2) is 0 Å². The Morgan fingerprint density at radius 2 is 1.86 bits per heavy atom. The highest BCUT2D eigenvalue weighted by Gasteiger charge is 2.46. The highest BCUT2D eigenvalue weighted by atomic mass is 31.2. The molecule has 1 saturated heterocycles. The Bertz CT molecular complexity index is 1160. The molecular weight excluding hydrogens is 506 g/mol. The predicted molar refractivity (Wildman–Crippen MR) is 123 cm³/mol. The van der Waals surface area contributed by atoms with Crippen molar-refractivity contribution in [1.82, 2.24) is 14.5 Å². The number of nitrogens with zero attached hydrogens (tertiary/aromatic N) is 3. The van der Waals surface area contributed by atoms with Crippen LogP contribution in [-0.2, 0) is 25.4 Å². The van der Waals surface area contributed by atoms with E-state index in [1.807, 2.05) is 0 Å². The molecule has 6 N–H and O–H groups in total. The molecule has 0 bridgehead atoms. The first-order valence-electron chi connectivity index (χ1n) is 11.1. The SMILES string of the molecule is COc1nc(NC2CCCC2)c2c(n1)c([C@@H]1O[C@H](COP(=O)(O)CP(=O)(O)O)[C@@H](O)[C@H]1O)cn2C. The van der Waals surface area contributed by atoms with E-state index in [1.165, 1.54) is 7.11 Å². The topological polar surface area (TPSA) is 206 Å². The molecule has 2 aromatic heterocycles. The molecule has 1 aliphatic heterocycles. The van der Waals surface area contributed by atoms with E-state index < -0.39 is 52.1 Å². The third-order valence-corrected chi connectivity index (χ3v) is 9.63. The molecule has 2 aliphatic rings. The van der Waals surface area contributed by atoms with E-state index in [9.17, 15) is 24.2 Å². The summed E-state index contributed by atoms with van der Waals surface area (Å²) in [5.74, 6) is -0.801. The van der Waals surface area contributed by atoms with Crippen molar-refractivity contribution in [2.75, 3.05) is 24.9 Å². The smallest absolute Gasteiger partial charge is 0.340 e. The minimum absolute atomic E-state index is 0.108. The molecule has 2 fully saturated rings. The fourth-order valence-corrected chi connectivity index (χ4v) is 7.14. The van der Waals surface area contributed by atoms with E-state index in [0.717, 1.165) is 25.7 Å². The van der Waals surface area contributed by atoms with Gasteiger partial charge in [0.2, 0.25) is 0 Å². The van der Waals surface area contributed by atoms with E-state index in [1.54, 1.807) is 17.8 Å². The van der Waals surface area contributed by atoms with Gasteiger partial charge in [0.15, 0.2) is 11.7 Å². The Morgan fingerprint density at radius 1 is 1.17 bits per heavy atom. The number of fused-ring (bicyclic) bond motifs is 1. The lowest BCUT2D eigenvalue weighted by Crippen LogP contribution is -2.33.